The minimum atomic E-state index is -0.342. The van der Waals surface area contributed by atoms with E-state index in [4.69, 9.17) is 5.41 Å². The van der Waals surface area contributed by atoms with Crippen LogP contribution >= 0.6 is 0 Å². The Balaban J connectivity index is 2.05. The number of nitrogens with zero attached hydrogens (tertiary/aromatic N) is 4. The van der Waals surface area contributed by atoms with Gasteiger partial charge in [-0.1, -0.05) is 0 Å². The molecule has 0 aliphatic rings. The number of amides is 1. The lowest BCUT2D eigenvalue weighted by Gasteiger charge is -2.10. The first kappa shape index (κ1) is 14.6. The van der Waals surface area contributed by atoms with Gasteiger partial charge in [-0.05, 0) is 24.3 Å². The number of aromatic nitrogens is 4. The standard InChI is InChI=1S/C14H12FN7O/c1-8(23)21-22-7-19-12-11(13(22)16)17-6-18-14(12)20-10-4-2-9(15)3-5-10/h2-7,16H,1H3,(H,21,23)(H,17,18,20). The summed E-state index contributed by atoms with van der Waals surface area (Å²) in [5, 5.41) is 11.1. The van der Waals surface area contributed by atoms with Gasteiger partial charge in [-0.15, -0.1) is 0 Å². The van der Waals surface area contributed by atoms with Gasteiger partial charge in [0.1, 0.15) is 29.5 Å². The zero-order valence-electron chi connectivity index (χ0n) is 12.0. The largest absolute Gasteiger partial charge is 0.338 e. The van der Waals surface area contributed by atoms with E-state index in [1.165, 1.54) is 36.4 Å². The van der Waals surface area contributed by atoms with Gasteiger partial charge in [0.15, 0.2) is 11.3 Å². The van der Waals surface area contributed by atoms with Crippen molar-refractivity contribution in [1.29, 1.82) is 5.41 Å². The van der Waals surface area contributed by atoms with E-state index >= 15 is 0 Å². The highest BCUT2D eigenvalue weighted by Gasteiger charge is 2.09. The molecule has 116 valence electrons. The number of carbonyl (C=O) groups excluding carboxylic acids is 1. The van der Waals surface area contributed by atoms with Gasteiger partial charge in [-0.3, -0.25) is 15.6 Å². The van der Waals surface area contributed by atoms with E-state index < -0.39 is 0 Å². The number of halogens is 1. The van der Waals surface area contributed by atoms with Crippen LogP contribution in [-0.4, -0.2) is 25.5 Å². The number of carbonyl (C=O) groups is 1. The first-order chi connectivity index (χ1) is 11.0. The number of hydrogen-bond acceptors (Lipinski definition) is 6. The molecule has 2 heterocycles. The Morgan fingerprint density at radius 3 is 2.61 bits per heavy atom. The van der Waals surface area contributed by atoms with E-state index in [9.17, 15) is 9.18 Å². The summed E-state index contributed by atoms with van der Waals surface area (Å²) in [6.07, 6.45) is 2.58. The van der Waals surface area contributed by atoms with E-state index in [2.05, 4.69) is 25.7 Å². The maximum atomic E-state index is 13.0. The fourth-order valence-corrected chi connectivity index (χ4v) is 1.98. The van der Waals surface area contributed by atoms with Crippen LogP contribution in [0.2, 0.25) is 0 Å². The second-order valence-electron chi connectivity index (χ2n) is 4.68. The Bertz CT molecular complexity index is 936. The highest BCUT2D eigenvalue weighted by Crippen LogP contribution is 2.19. The predicted octanol–water partition coefficient (Wildman–Crippen LogP) is 1.28. The van der Waals surface area contributed by atoms with Crippen LogP contribution in [-0.2, 0) is 4.79 Å². The van der Waals surface area contributed by atoms with Crippen molar-refractivity contribution in [3.8, 4) is 0 Å². The molecule has 0 fully saturated rings. The van der Waals surface area contributed by atoms with Crippen LogP contribution in [0, 0.1) is 11.2 Å². The molecule has 0 radical (unpaired) electrons. The summed E-state index contributed by atoms with van der Waals surface area (Å²) in [7, 11) is 0. The SMILES string of the molecule is CC(=O)Nn1cnc2c(Nc3ccc(F)cc3)ncnc2c1=N. The fourth-order valence-electron chi connectivity index (χ4n) is 1.98. The summed E-state index contributed by atoms with van der Waals surface area (Å²) in [5.74, 6) is -0.292. The second-order valence-corrected chi connectivity index (χ2v) is 4.68. The molecule has 0 saturated carbocycles. The van der Waals surface area contributed by atoms with Gasteiger partial charge in [0.05, 0.1) is 0 Å². The van der Waals surface area contributed by atoms with E-state index in [0.29, 0.717) is 17.0 Å². The molecule has 0 unspecified atom stereocenters. The quantitative estimate of drug-likeness (QED) is 0.675. The van der Waals surface area contributed by atoms with Crippen LogP contribution in [0.3, 0.4) is 0 Å². The summed E-state index contributed by atoms with van der Waals surface area (Å²) in [6.45, 7) is 1.33. The lowest BCUT2D eigenvalue weighted by Crippen LogP contribution is -2.32. The molecular weight excluding hydrogens is 301 g/mol. The molecule has 0 bridgehead atoms. The average Bonchev–Trinajstić information content (AvgIpc) is 2.52. The van der Waals surface area contributed by atoms with Gasteiger partial charge >= 0.3 is 0 Å². The molecule has 3 rings (SSSR count). The predicted molar refractivity (Wildman–Crippen MR) is 80.9 cm³/mol. The van der Waals surface area contributed by atoms with Crippen LogP contribution in [0.15, 0.2) is 36.9 Å². The fraction of sp³-hybridized carbons (Fsp3) is 0.0714. The van der Waals surface area contributed by atoms with Gasteiger partial charge in [0.25, 0.3) is 0 Å². The Morgan fingerprint density at radius 1 is 1.17 bits per heavy atom. The molecule has 9 heteroatoms. The number of anilines is 2. The minimum Gasteiger partial charge on any atom is -0.338 e. The molecule has 0 aliphatic heterocycles. The summed E-state index contributed by atoms with van der Waals surface area (Å²) in [5.41, 5.74) is 3.67. The van der Waals surface area contributed by atoms with Gasteiger partial charge in [0, 0.05) is 12.6 Å². The van der Waals surface area contributed by atoms with Gasteiger partial charge < -0.3 is 5.32 Å². The maximum absolute atomic E-state index is 13.0. The topological polar surface area (TPSA) is 109 Å². The second kappa shape index (κ2) is 5.79. The number of hydrogen-bond donors (Lipinski definition) is 3. The van der Waals surface area contributed by atoms with Crippen LogP contribution in [0.5, 0.6) is 0 Å². The van der Waals surface area contributed by atoms with Crippen LogP contribution in [0.25, 0.3) is 11.0 Å². The van der Waals surface area contributed by atoms with Crippen molar-refractivity contribution in [1.82, 2.24) is 19.6 Å². The zero-order valence-corrected chi connectivity index (χ0v) is 12.0. The number of fused-ring (bicyclic) bond motifs is 1. The molecular formula is C14H12FN7O. The molecule has 0 atom stereocenters. The van der Waals surface area contributed by atoms with Gasteiger partial charge in [-0.25, -0.2) is 24.0 Å². The zero-order chi connectivity index (χ0) is 16.4. The van der Waals surface area contributed by atoms with E-state index in [-0.39, 0.29) is 22.7 Å². The summed E-state index contributed by atoms with van der Waals surface area (Å²) < 4.78 is 14.1. The molecule has 23 heavy (non-hydrogen) atoms. The van der Waals surface area contributed by atoms with Crippen LogP contribution in [0.1, 0.15) is 6.92 Å². The van der Waals surface area contributed by atoms with E-state index in [1.807, 2.05) is 0 Å². The third-order valence-electron chi connectivity index (χ3n) is 2.97. The van der Waals surface area contributed by atoms with Crippen molar-refractivity contribution < 1.29 is 9.18 Å². The summed E-state index contributed by atoms with van der Waals surface area (Å²) >= 11 is 0. The van der Waals surface area contributed by atoms with Crippen LogP contribution < -0.4 is 16.2 Å². The number of benzene rings is 1. The molecule has 8 nitrogen and oxygen atoms in total. The smallest absolute Gasteiger partial charge is 0.235 e. The molecule has 3 N–H and O–H groups in total. The minimum absolute atomic E-state index is 0.0326. The lowest BCUT2D eigenvalue weighted by atomic mass is 10.3. The molecule has 0 aliphatic carbocycles. The van der Waals surface area contributed by atoms with Crippen molar-refractivity contribution in [3.63, 3.8) is 0 Å². The molecule has 2 aromatic heterocycles. The lowest BCUT2D eigenvalue weighted by molar-refractivity contribution is -0.115. The highest BCUT2D eigenvalue weighted by atomic mass is 19.1. The number of rotatable bonds is 3. The van der Waals surface area contributed by atoms with Crippen molar-refractivity contribution in [2.24, 2.45) is 0 Å². The first-order valence-electron chi connectivity index (χ1n) is 6.62. The van der Waals surface area contributed by atoms with Crippen molar-refractivity contribution in [3.05, 3.63) is 48.2 Å². The Kier molecular flexibility index (Phi) is 3.67. The first-order valence-corrected chi connectivity index (χ1v) is 6.62. The normalized spacial score (nSPS) is 10.5. The third-order valence-corrected chi connectivity index (χ3v) is 2.97. The third kappa shape index (κ3) is 2.98. The Labute approximate surface area is 129 Å². The molecule has 0 spiro atoms. The maximum Gasteiger partial charge on any atom is 0.235 e. The Morgan fingerprint density at radius 2 is 1.91 bits per heavy atom. The molecule has 1 amide bonds. The highest BCUT2D eigenvalue weighted by molar-refractivity contribution is 5.86. The van der Waals surface area contributed by atoms with Gasteiger partial charge in [0.2, 0.25) is 5.91 Å². The monoisotopic (exact) mass is 313 g/mol. The molecule has 1 aromatic carbocycles. The van der Waals surface area contributed by atoms with E-state index in [1.54, 1.807) is 12.1 Å². The summed E-state index contributed by atoms with van der Waals surface area (Å²) in [4.78, 5) is 23.4. The summed E-state index contributed by atoms with van der Waals surface area (Å²) in [6, 6.07) is 5.76. The van der Waals surface area contributed by atoms with Crippen molar-refractivity contribution in [2.45, 2.75) is 6.92 Å². The van der Waals surface area contributed by atoms with Crippen LogP contribution in [0.4, 0.5) is 15.9 Å². The Hall–Kier alpha value is -3.36. The average molecular weight is 313 g/mol. The molecule has 3 aromatic rings. The van der Waals surface area contributed by atoms with Crippen molar-refractivity contribution in [2.75, 3.05) is 10.7 Å². The van der Waals surface area contributed by atoms with E-state index in [0.717, 1.165) is 0 Å². The molecule has 0 saturated heterocycles. The van der Waals surface area contributed by atoms with Crippen molar-refractivity contribution >= 4 is 28.4 Å². The van der Waals surface area contributed by atoms with Gasteiger partial charge in [-0.2, -0.15) is 0 Å². The number of nitrogens with one attached hydrogen (secondary N) is 3.